The molecule has 3 aromatic rings. The zero-order valence-electron chi connectivity index (χ0n) is 13.7. The third kappa shape index (κ3) is 3.51. The summed E-state index contributed by atoms with van der Waals surface area (Å²) in [4.78, 5) is 20.1. The monoisotopic (exact) mass is 327 g/mol. The van der Waals surface area contributed by atoms with Crippen molar-refractivity contribution in [1.29, 1.82) is 0 Å². The zero-order valence-corrected chi connectivity index (χ0v) is 14.5. The highest BCUT2D eigenvalue weighted by Gasteiger charge is 2.14. The van der Waals surface area contributed by atoms with E-state index in [1.54, 1.807) is 10.5 Å². The second-order valence-electron chi connectivity index (χ2n) is 6.07. The first-order valence-electron chi connectivity index (χ1n) is 7.79. The molecule has 0 saturated carbocycles. The van der Waals surface area contributed by atoms with Gasteiger partial charge in [0.2, 0.25) is 0 Å². The molecule has 120 valence electrons. The Balaban J connectivity index is 1.87. The summed E-state index contributed by atoms with van der Waals surface area (Å²) in [7, 11) is 0. The van der Waals surface area contributed by atoms with Crippen LogP contribution in [0.3, 0.4) is 0 Å². The largest absolute Gasteiger partial charge is 0.291 e. The van der Waals surface area contributed by atoms with Crippen LogP contribution in [0.4, 0.5) is 0 Å². The zero-order chi connectivity index (χ0) is 16.4. The number of benzene rings is 1. The fourth-order valence-corrected chi connectivity index (χ4v) is 3.52. The van der Waals surface area contributed by atoms with Crippen LogP contribution < -0.4 is 5.56 Å². The normalized spacial score (nSPS) is 11.7. The van der Waals surface area contributed by atoms with E-state index in [9.17, 15) is 4.79 Å². The summed E-state index contributed by atoms with van der Waals surface area (Å²) in [5.74, 6) is 0. The molecule has 0 saturated heterocycles. The number of aryl methyl sites for hydroxylation is 1. The minimum Gasteiger partial charge on any atom is -0.291 e. The van der Waals surface area contributed by atoms with Crippen LogP contribution in [0.1, 0.15) is 30.8 Å². The predicted octanol–water partition coefficient (Wildman–Crippen LogP) is 3.48. The lowest BCUT2D eigenvalue weighted by Crippen LogP contribution is -2.31. The Morgan fingerprint density at radius 1 is 1.22 bits per heavy atom. The van der Waals surface area contributed by atoms with Gasteiger partial charge in [-0.2, -0.15) is 0 Å². The van der Waals surface area contributed by atoms with Gasteiger partial charge in [-0.25, -0.2) is 4.98 Å². The molecule has 0 spiro atoms. The quantitative estimate of drug-likeness (QED) is 0.720. The van der Waals surface area contributed by atoms with E-state index in [1.807, 2.05) is 18.4 Å². The molecule has 0 aliphatic carbocycles. The summed E-state index contributed by atoms with van der Waals surface area (Å²) in [6, 6.07) is 12.4. The molecule has 23 heavy (non-hydrogen) atoms. The predicted molar refractivity (Wildman–Crippen MR) is 94.9 cm³/mol. The van der Waals surface area contributed by atoms with Gasteiger partial charge in [0.05, 0.1) is 5.69 Å². The molecular weight excluding hydrogens is 306 g/mol. The average molecular weight is 327 g/mol. The van der Waals surface area contributed by atoms with Crippen molar-refractivity contribution < 1.29 is 0 Å². The maximum absolute atomic E-state index is 12.3. The van der Waals surface area contributed by atoms with E-state index in [0.29, 0.717) is 12.6 Å². The number of hydrogen-bond acceptors (Lipinski definition) is 4. The van der Waals surface area contributed by atoms with Crippen molar-refractivity contribution in [3.8, 4) is 0 Å². The van der Waals surface area contributed by atoms with Gasteiger partial charge in [-0.05, 0) is 26.3 Å². The number of rotatable bonds is 5. The van der Waals surface area contributed by atoms with Gasteiger partial charge in [-0.1, -0.05) is 30.3 Å². The van der Waals surface area contributed by atoms with Crippen molar-refractivity contribution in [2.24, 2.45) is 0 Å². The van der Waals surface area contributed by atoms with Gasteiger partial charge in [0.15, 0.2) is 4.96 Å². The molecule has 2 aromatic heterocycles. The van der Waals surface area contributed by atoms with E-state index in [0.717, 1.165) is 22.9 Å². The van der Waals surface area contributed by atoms with E-state index in [-0.39, 0.29) is 5.56 Å². The molecule has 2 heterocycles. The van der Waals surface area contributed by atoms with Crippen molar-refractivity contribution in [3.05, 3.63) is 69.1 Å². The van der Waals surface area contributed by atoms with Crippen LogP contribution >= 0.6 is 11.3 Å². The molecule has 0 bridgehead atoms. The highest BCUT2D eigenvalue weighted by Crippen LogP contribution is 2.15. The summed E-state index contributed by atoms with van der Waals surface area (Å²) in [5.41, 5.74) is 3.05. The maximum Gasteiger partial charge on any atom is 0.259 e. The highest BCUT2D eigenvalue weighted by atomic mass is 32.1. The fraction of sp³-hybridized carbons (Fsp3) is 0.333. The van der Waals surface area contributed by atoms with Gasteiger partial charge in [-0.15, -0.1) is 11.3 Å². The number of aromatic nitrogens is 2. The van der Waals surface area contributed by atoms with Gasteiger partial charge in [0.25, 0.3) is 5.56 Å². The van der Waals surface area contributed by atoms with Gasteiger partial charge in [-0.3, -0.25) is 14.1 Å². The minimum atomic E-state index is 0.00664. The van der Waals surface area contributed by atoms with E-state index in [2.05, 4.69) is 48.0 Å². The van der Waals surface area contributed by atoms with Gasteiger partial charge in [0.1, 0.15) is 0 Å². The van der Waals surface area contributed by atoms with Gasteiger partial charge in [0, 0.05) is 36.3 Å². The lowest BCUT2D eigenvalue weighted by Gasteiger charge is -2.26. The molecule has 0 unspecified atom stereocenters. The summed E-state index contributed by atoms with van der Waals surface area (Å²) >= 11 is 1.52. The van der Waals surface area contributed by atoms with Crippen LogP contribution in [0.2, 0.25) is 0 Å². The molecule has 0 radical (unpaired) electrons. The van der Waals surface area contributed by atoms with Crippen molar-refractivity contribution >= 4 is 16.3 Å². The molecule has 0 amide bonds. The Bertz CT molecular complexity index is 852. The standard InChI is InChI=1S/C18H21N3OS/c1-13(2)20(10-15-7-5-4-6-8-15)11-16-9-17(22)21-14(3)12-23-18(21)19-16/h4-9,12-13H,10-11H2,1-3H3. The second-order valence-corrected chi connectivity index (χ2v) is 6.90. The summed E-state index contributed by atoms with van der Waals surface area (Å²) in [6.07, 6.45) is 0. The smallest absolute Gasteiger partial charge is 0.259 e. The van der Waals surface area contributed by atoms with Gasteiger partial charge < -0.3 is 0 Å². The van der Waals surface area contributed by atoms with E-state index < -0.39 is 0 Å². The minimum absolute atomic E-state index is 0.00664. The second kappa shape index (κ2) is 6.64. The molecule has 0 fully saturated rings. The first-order valence-corrected chi connectivity index (χ1v) is 8.67. The molecular formula is C18H21N3OS. The molecule has 5 heteroatoms. The summed E-state index contributed by atoms with van der Waals surface area (Å²) < 4.78 is 1.67. The Kier molecular flexibility index (Phi) is 4.59. The SMILES string of the molecule is Cc1csc2nc(CN(Cc3ccccc3)C(C)C)cc(=O)n12. The van der Waals surface area contributed by atoms with Crippen LogP contribution in [-0.2, 0) is 13.1 Å². The molecule has 0 aliphatic rings. The van der Waals surface area contributed by atoms with Crippen LogP contribution in [0, 0.1) is 6.92 Å². The fourth-order valence-electron chi connectivity index (χ4n) is 2.63. The molecule has 0 atom stereocenters. The lowest BCUT2D eigenvalue weighted by molar-refractivity contribution is 0.201. The topological polar surface area (TPSA) is 37.6 Å². The third-order valence-electron chi connectivity index (χ3n) is 3.95. The Morgan fingerprint density at radius 3 is 2.65 bits per heavy atom. The highest BCUT2D eigenvalue weighted by molar-refractivity contribution is 7.15. The summed E-state index contributed by atoms with van der Waals surface area (Å²) in [6.45, 7) is 7.80. The summed E-state index contributed by atoms with van der Waals surface area (Å²) in [5, 5.41) is 1.97. The number of hydrogen-bond donors (Lipinski definition) is 0. The van der Waals surface area contributed by atoms with Crippen molar-refractivity contribution in [2.45, 2.75) is 39.9 Å². The van der Waals surface area contributed by atoms with Crippen molar-refractivity contribution in [1.82, 2.24) is 14.3 Å². The number of fused-ring (bicyclic) bond motifs is 1. The molecule has 4 nitrogen and oxygen atoms in total. The van der Waals surface area contributed by atoms with E-state index >= 15 is 0 Å². The maximum atomic E-state index is 12.3. The van der Waals surface area contributed by atoms with E-state index in [4.69, 9.17) is 0 Å². The van der Waals surface area contributed by atoms with Crippen LogP contribution in [-0.4, -0.2) is 20.3 Å². The first-order chi connectivity index (χ1) is 11.0. The molecule has 1 aromatic carbocycles. The number of thiazole rings is 1. The number of nitrogens with zero attached hydrogens (tertiary/aromatic N) is 3. The van der Waals surface area contributed by atoms with Crippen LogP contribution in [0.5, 0.6) is 0 Å². The first kappa shape index (κ1) is 15.9. The van der Waals surface area contributed by atoms with Crippen LogP contribution in [0.25, 0.3) is 4.96 Å². The van der Waals surface area contributed by atoms with Crippen LogP contribution in [0.15, 0.2) is 46.6 Å². The van der Waals surface area contributed by atoms with E-state index in [1.165, 1.54) is 16.9 Å². The molecule has 3 rings (SSSR count). The Hall–Kier alpha value is -1.98. The third-order valence-corrected chi connectivity index (χ3v) is 4.90. The van der Waals surface area contributed by atoms with Crippen molar-refractivity contribution in [3.63, 3.8) is 0 Å². The average Bonchev–Trinajstić information content (AvgIpc) is 2.89. The Labute approximate surface area is 140 Å². The Morgan fingerprint density at radius 2 is 1.96 bits per heavy atom. The van der Waals surface area contributed by atoms with Gasteiger partial charge >= 0.3 is 0 Å². The lowest BCUT2D eigenvalue weighted by atomic mass is 10.2. The molecule has 0 aliphatic heterocycles. The van der Waals surface area contributed by atoms with Crippen molar-refractivity contribution in [2.75, 3.05) is 0 Å². The molecule has 0 N–H and O–H groups in total.